The highest BCUT2D eigenvalue weighted by atomic mass is 16.5. The molecular weight excluding hydrogens is 200 g/mol. The maximum Gasteiger partial charge on any atom is 0.0503 e. The maximum absolute atomic E-state index is 5.24. The lowest BCUT2D eigenvalue weighted by Gasteiger charge is -2.31. The van der Waals surface area contributed by atoms with E-state index in [1.54, 1.807) is 0 Å². The van der Waals surface area contributed by atoms with Gasteiger partial charge in [-0.25, -0.2) is 0 Å². The molecule has 0 aromatic rings. The number of nitrogens with one attached hydrogen (secondary N) is 1. The number of hydrogen-bond acceptors (Lipinski definition) is 3. The Morgan fingerprint density at radius 1 is 1.38 bits per heavy atom. The van der Waals surface area contributed by atoms with Crippen LogP contribution in [0.4, 0.5) is 0 Å². The van der Waals surface area contributed by atoms with Gasteiger partial charge in [-0.1, -0.05) is 6.92 Å². The fourth-order valence-electron chi connectivity index (χ4n) is 3.12. The molecule has 3 atom stereocenters. The standard InChI is InChI=1S/C13H26N2O/c1-11-3-5-14-13(7-11)9-15-6-4-12(8-15)10-16-2/h11-14H,3-10H2,1-2H3. The van der Waals surface area contributed by atoms with Crippen LogP contribution in [0.2, 0.25) is 0 Å². The Bertz CT molecular complexity index is 210. The highest BCUT2D eigenvalue weighted by Crippen LogP contribution is 2.20. The molecule has 16 heavy (non-hydrogen) atoms. The molecule has 2 saturated heterocycles. The smallest absolute Gasteiger partial charge is 0.0503 e. The lowest BCUT2D eigenvalue weighted by Crippen LogP contribution is -2.45. The van der Waals surface area contributed by atoms with Gasteiger partial charge >= 0.3 is 0 Å². The molecule has 2 aliphatic heterocycles. The van der Waals surface area contributed by atoms with E-state index in [1.165, 1.54) is 45.4 Å². The van der Waals surface area contributed by atoms with Gasteiger partial charge in [-0.3, -0.25) is 0 Å². The van der Waals surface area contributed by atoms with Crippen LogP contribution in [0.1, 0.15) is 26.2 Å². The van der Waals surface area contributed by atoms with E-state index in [0.29, 0.717) is 0 Å². The molecule has 3 unspecified atom stereocenters. The lowest BCUT2D eigenvalue weighted by atomic mass is 9.94. The van der Waals surface area contributed by atoms with Crippen molar-refractivity contribution in [2.24, 2.45) is 11.8 Å². The fourth-order valence-corrected chi connectivity index (χ4v) is 3.12. The van der Waals surface area contributed by atoms with E-state index in [4.69, 9.17) is 4.74 Å². The van der Waals surface area contributed by atoms with Crippen LogP contribution in [-0.2, 0) is 4.74 Å². The third-order valence-corrected chi connectivity index (χ3v) is 4.01. The van der Waals surface area contributed by atoms with Gasteiger partial charge in [0, 0.05) is 26.2 Å². The van der Waals surface area contributed by atoms with E-state index in [2.05, 4.69) is 17.1 Å². The summed E-state index contributed by atoms with van der Waals surface area (Å²) in [7, 11) is 1.81. The second-order valence-corrected chi connectivity index (χ2v) is 5.65. The van der Waals surface area contributed by atoms with Crippen LogP contribution in [-0.4, -0.2) is 50.8 Å². The number of piperidine rings is 1. The van der Waals surface area contributed by atoms with Crippen molar-refractivity contribution in [1.82, 2.24) is 10.2 Å². The monoisotopic (exact) mass is 226 g/mol. The van der Waals surface area contributed by atoms with Gasteiger partial charge in [-0.2, -0.15) is 0 Å². The molecule has 0 aromatic carbocycles. The minimum absolute atomic E-state index is 0.727. The molecule has 3 heteroatoms. The lowest BCUT2D eigenvalue weighted by molar-refractivity contribution is 0.150. The largest absolute Gasteiger partial charge is 0.384 e. The molecular formula is C13H26N2O. The molecule has 0 bridgehead atoms. The van der Waals surface area contributed by atoms with E-state index < -0.39 is 0 Å². The van der Waals surface area contributed by atoms with Crippen molar-refractivity contribution < 1.29 is 4.74 Å². The van der Waals surface area contributed by atoms with Gasteiger partial charge in [-0.15, -0.1) is 0 Å². The highest BCUT2D eigenvalue weighted by Gasteiger charge is 2.26. The van der Waals surface area contributed by atoms with Crippen LogP contribution in [0, 0.1) is 11.8 Å². The average Bonchev–Trinajstić information content (AvgIpc) is 2.66. The van der Waals surface area contributed by atoms with Crippen molar-refractivity contribution >= 4 is 0 Å². The summed E-state index contributed by atoms with van der Waals surface area (Å²) >= 11 is 0. The van der Waals surface area contributed by atoms with E-state index in [9.17, 15) is 0 Å². The molecule has 0 aliphatic carbocycles. The Balaban J connectivity index is 1.70. The zero-order valence-electron chi connectivity index (χ0n) is 10.7. The van der Waals surface area contributed by atoms with Gasteiger partial charge in [0.2, 0.25) is 0 Å². The van der Waals surface area contributed by atoms with Crippen LogP contribution in [0.3, 0.4) is 0 Å². The summed E-state index contributed by atoms with van der Waals surface area (Å²) in [6.45, 7) is 8.27. The Hall–Kier alpha value is -0.120. The van der Waals surface area contributed by atoms with E-state index in [1.807, 2.05) is 7.11 Å². The minimum Gasteiger partial charge on any atom is -0.384 e. The zero-order valence-corrected chi connectivity index (χ0v) is 10.7. The van der Waals surface area contributed by atoms with E-state index in [-0.39, 0.29) is 0 Å². The topological polar surface area (TPSA) is 24.5 Å². The van der Waals surface area contributed by atoms with Crippen LogP contribution in [0.25, 0.3) is 0 Å². The predicted octanol–water partition coefficient (Wildman–Crippen LogP) is 1.34. The molecule has 1 N–H and O–H groups in total. The molecule has 0 spiro atoms. The van der Waals surface area contributed by atoms with Gasteiger partial charge in [0.05, 0.1) is 6.61 Å². The summed E-state index contributed by atoms with van der Waals surface area (Å²) < 4.78 is 5.24. The molecule has 2 aliphatic rings. The Kier molecular flexibility index (Phi) is 4.62. The number of nitrogens with zero attached hydrogens (tertiary/aromatic N) is 1. The number of rotatable bonds is 4. The first-order valence-electron chi connectivity index (χ1n) is 6.72. The highest BCUT2D eigenvalue weighted by molar-refractivity contribution is 4.83. The van der Waals surface area contributed by atoms with Crippen LogP contribution < -0.4 is 5.32 Å². The van der Waals surface area contributed by atoms with Crippen LogP contribution in [0.5, 0.6) is 0 Å². The van der Waals surface area contributed by atoms with Crippen molar-refractivity contribution in [1.29, 1.82) is 0 Å². The number of ether oxygens (including phenoxy) is 1. The Morgan fingerprint density at radius 3 is 3.00 bits per heavy atom. The molecule has 0 amide bonds. The quantitative estimate of drug-likeness (QED) is 0.783. The molecule has 2 fully saturated rings. The van der Waals surface area contributed by atoms with E-state index >= 15 is 0 Å². The van der Waals surface area contributed by atoms with Crippen molar-refractivity contribution in [2.75, 3.05) is 39.9 Å². The summed E-state index contributed by atoms with van der Waals surface area (Å²) in [6, 6.07) is 0.727. The Labute approximate surface area is 99.5 Å². The SMILES string of the molecule is COCC1CCN(CC2CC(C)CCN2)C1. The predicted molar refractivity (Wildman–Crippen MR) is 66.6 cm³/mol. The molecule has 0 aromatic heterocycles. The van der Waals surface area contributed by atoms with Crippen molar-refractivity contribution in [3.8, 4) is 0 Å². The number of likely N-dealkylation sites (tertiary alicyclic amines) is 1. The van der Waals surface area contributed by atoms with Crippen molar-refractivity contribution in [3.63, 3.8) is 0 Å². The van der Waals surface area contributed by atoms with Gasteiger partial charge in [0.25, 0.3) is 0 Å². The summed E-state index contributed by atoms with van der Waals surface area (Å²) in [5, 5.41) is 3.65. The normalized spacial score (nSPS) is 36.8. The van der Waals surface area contributed by atoms with E-state index in [0.717, 1.165) is 24.5 Å². The molecule has 3 nitrogen and oxygen atoms in total. The number of hydrogen-bond donors (Lipinski definition) is 1. The summed E-state index contributed by atoms with van der Waals surface area (Å²) in [6.07, 6.45) is 4.02. The summed E-state index contributed by atoms with van der Waals surface area (Å²) in [5.74, 6) is 1.68. The van der Waals surface area contributed by atoms with Gasteiger partial charge in [-0.05, 0) is 44.2 Å². The first-order valence-corrected chi connectivity index (χ1v) is 6.72. The van der Waals surface area contributed by atoms with Gasteiger partial charge in [0.1, 0.15) is 0 Å². The molecule has 2 heterocycles. The zero-order chi connectivity index (χ0) is 11.4. The molecule has 2 rings (SSSR count). The third-order valence-electron chi connectivity index (χ3n) is 4.01. The molecule has 94 valence electrons. The summed E-state index contributed by atoms with van der Waals surface area (Å²) in [4.78, 5) is 2.61. The minimum atomic E-state index is 0.727. The third kappa shape index (κ3) is 3.44. The average molecular weight is 226 g/mol. The van der Waals surface area contributed by atoms with Gasteiger partial charge < -0.3 is 15.0 Å². The first-order chi connectivity index (χ1) is 7.78. The number of methoxy groups -OCH3 is 1. The second kappa shape index (κ2) is 5.99. The Morgan fingerprint density at radius 2 is 2.25 bits per heavy atom. The molecule has 0 saturated carbocycles. The van der Waals surface area contributed by atoms with Gasteiger partial charge in [0.15, 0.2) is 0 Å². The van der Waals surface area contributed by atoms with Crippen LogP contribution >= 0.6 is 0 Å². The van der Waals surface area contributed by atoms with Crippen molar-refractivity contribution in [3.05, 3.63) is 0 Å². The molecule has 0 radical (unpaired) electrons. The van der Waals surface area contributed by atoms with Crippen molar-refractivity contribution in [2.45, 2.75) is 32.2 Å². The second-order valence-electron chi connectivity index (χ2n) is 5.65. The summed E-state index contributed by atoms with van der Waals surface area (Å²) in [5.41, 5.74) is 0. The van der Waals surface area contributed by atoms with Crippen LogP contribution in [0.15, 0.2) is 0 Å². The fraction of sp³-hybridized carbons (Fsp3) is 1.00. The first kappa shape index (κ1) is 12.3. The maximum atomic E-state index is 5.24.